The van der Waals surface area contributed by atoms with E-state index in [0.717, 1.165) is 0 Å². The number of nitrogens with one attached hydrogen (secondary N) is 2. The summed E-state index contributed by atoms with van der Waals surface area (Å²) in [7, 11) is 1.52. The first-order chi connectivity index (χ1) is 9.42. The molecule has 0 spiro atoms. The minimum atomic E-state index is -0.964. The molecule has 0 aliphatic rings. The van der Waals surface area contributed by atoms with Gasteiger partial charge in [-0.05, 0) is 6.92 Å². The van der Waals surface area contributed by atoms with Crippen LogP contribution in [0.5, 0.6) is 0 Å². The lowest BCUT2D eigenvalue weighted by molar-refractivity contribution is -0.141. The van der Waals surface area contributed by atoms with E-state index in [-0.39, 0.29) is 19.0 Å². The van der Waals surface area contributed by atoms with Crippen molar-refractivity contribution in [3.8, 4) is 0 Å². The predicted octanol–water partition coefficient (Wildman–Crippen LogP) is -0.499. The monoisotopic (exact) mass is 289 g/mol. The van der Waals surface area contributed by atoms with Crippen LogP contribution in [0.4, 0.5) is 4.79 Å². The molecule has 0 aliphatic carbocycles. The van der Waals surface area contributed by atoms with Crippen molar-refractivity contribution in [3.05, 3.63) is 0 Å². The fourth-order valence-electron chi connectivity index (χ4n) is 1.39. The number of hydrogen-bond acceptors (Lipinski definition) is 4. The number of methoxy groups -OCH3 is 1. The molecule has 0 saturated heterocycles. The van der Waals surface area contributed by atoms with Crippen molar-refractivity contribution in [3.63, 3.8) is 0 Å². The molecule has 0 saturated carbocycles. The summed E-state index contributed by atoms with van der Waals surface area (Å²) in [6.07, 6.45) is 0. The zero-order valence-electron chi connectivity index (χ0n) is 12.1. The van der Waals surface area contributed by atoms with Crippen LogP contribution in [0.25, 0.3) is 0 Å². The van der Waals surface area contributed by atoms with Gasteiger partial charge in [-0.15, -0.1) is 0 Å². The average Bonchev–Trinajstić information content (AvgIpc) is 2.41. The maximum Gasteiger partial charge on any atom is 0.317 e. The van der Waals surface area contributed by atoms with Gasteiger partial charge in [0.25, 0.3) is 0 Å². The highest BCUT2D eigenvalue weighted by molar-refractivity contribution is 5.84. The lowest BCUT2D eigenvalue weighted by Gasteiger charge is -2.23. The van der Waals surface area contributed by atoms with Crippen molar-refractivity contribution in [2.75, 3.05) is 39.9 Å². The lowest BCUT2D eigenvalue weighted by atomic mass is 10.2. The summed E-state index contributed by atoms with van der Waals surface area (Å²) in [6, 6.07) is -0.456. The molecule has 0 bridgehead atoms. The van der Waals surface area contributed by atoms with Crippen molar-refractivity contribution in [1.82, 2.24) is 15.5 Å². The minimum Gasteiger partial charge on any atom is -0.481 e. The Bertz CT molecular complexity index is 335. The van der Waals surface area contributed by atoms with E-state index in [1.54, 1.807) is 6.92 Å². The molecule has 0 aliphatic heterocycles. The number of carboxylic acid groups (broad SMARTS) is 1. The maximum atomic E-state index is 11.8. The number of carbonyl (C=O) groups excluding carboxylic acids is 2. The standard InChI is InChI=1S/C12H23N3O5/c1-4-15(8-9(2)11(17)18)12(19)14-7-10(16)13-5-6-20-3/h9H,4-8H2,1-3H3,(H,13,16)(H,14,19)(H,17,18). The molecule has 8 nitrogen and oxygen atoms in total. The van der Waals surface area contributed by atoms with Crippen LogP contribution in [0.15, 0.2) is 0 Å². The summed E-state index contributed by atoms with van der Waals surface area (Å²) >= 11 is 0. The van der Waals surface area contributed by atoms with Crippen LogP contribution in [0.1, 0.15) is 13.8 Å². The molecule has 1 atom stereocenters. The number of carboxylic acids is 1. The van der Waals surface area contributed by atoms with Gasteiger partial charge in [-0.1, -0.05) is 6.92 Å². The number of hydrogen-bond donors (Lipinski definition) is 3. The Morgan fingerprint density at radius 1 is 1.30 bits per heavy atom. The minimum absolute atomic E-state index is 0.100. The largest absolute Gasteiger partial charge is 0.481 e. The van der Waals surface area contributed by atoms with Gasteiger partial charge in [0.2, 0.25) is 5.91 Å². The van der Waals surface area contributed by atoms with Gasteiger partial charge in [0.1, 0.15) is 0 Å². The van der Waals surface area contributed by atoms with Gasteiger partial charge < -0.3 is 25.4 Å². The second-order valence-electron chi connectivity index (χ2n) is 4.28. The van der Waals surface area contributed by atoms with Crippen molar-refractivity contribution in [1.29, 1.82) is 0 Å². The number of carbonyl (C=O) groups is 3. The van der Waals surface area contributed by atoms with E-state index in [0.29, 0.717) is 19.7 Å². The van der Waals surface area contributed by atoms with Crippen LogP contribution >= 0.6 is 0 Å². The molecule has 0 heterocycles. The van der Waals surface area contributed by atoms with Crippen LogP contribution in [-0.4, -0.2) is 67.8 Å². The zero-order valence-corrected chi connectivity index (χ0v) is 12.1. The molecule has 20 heavy (non-hydrogen) atoms. The lowest BCUT2D eigenvalue weighted by Crippen LogP contribution is -2.46. The van der Waals surface area contributed by atoms with Crippen molar-refractivity contribution in [2.24, 2.45) is 5.92 Å². The number of nitrogens with zero attached hydrogens (tertiary/aromatic N) is 1. The topological polar surface area (TPSA) is 108 Å². The average molecular weight is 289 g/mol. The maximum absolute atomic E-state index is 11.8. The molecule has 0 aromatic rings. The first kappa shape index (κ1) is 18.2. The Labute approximate surface area is 118 Å². The third kappa shape index (κ3) is 7.57. The van der Waals surface area contributed by atoms with E-state index in [1.165, 1.54) is 18.9 Å². The first-order valence-electron chi connectivity index (χ1n) is 6.43. The second kappa shape index (κ2) is 10.0. The van der Waals surface area contributed by atoms with Gasteiger partial charge in [-0.3, -0.25) is 9.59 Å². The van der Waals surface area contributed by atoms with Gasteiger partial charge in [-0.25, -0.2) is 4.79 Å². The number of amides is 3. The van der Waals surface area contributed by atoms with E-state index in [9.17, 15) is 14.4 Å². The Balaban J connectivity index is 4.09. The molecule has 0 aromatic carbocycles. The van der Waals surface area contributed by atoms with Crippen LogP contribution in [-0.2, 0) is 14.3 Å². The molecule has 8 heteroatoms. The van der Waals surface area contributed by atoms with Crippen LogP contribution in [0, 0.1) is 5.92 Å². The molecular formula is C12H23N3O5. The Kier molecular flexibility index (Phi) is 9.10. The molecular weight excluding hydrogens is 266 g/mol. The van der Waals surface area contributed by atoms with Gasteiger partial charge in [0, 0.05) is 26.7 Å². The summed E-state index contributed by atoms with van der Waals surface area (Å²) in [5.41, 5.74) is 0. The fourth-order valence-corrected chi connectivity index (χ4v) is 1.39. The highest BCUT2D eigenvalue weighted by Crippen LogP contribution is 2.00. The molecule has 0 radical (unpaired) electrons. The smallest absolute Gasteiger partial charge is 0.317 e. The number of aliphatic carboxylic acids is 1. The molecule has 3 amide bonds. The Hall–Kier alpha value is -1.83. The molecule has 0 fully saturated rings. The third-order valence-electron chi connectivity index (χ3n) is 2.61. The van der Waals surface area contributed by atoms with E-state index in [2.05, 4.69) is 10.6 Å². The molecule has 3 N–H and O–H groups in total. The Morgan fingerprint density at radius 3 is 2.45 bits per heavy atom. The summed E-state index contributed by atoms with van der Waals surface area (Å²) in [5.74, 6) is -1.94. The SMILES string of the molecule is CCN(CC(C)C(=O)O)C(=O)NCC(=O)NCCOC. The van der Waals surface area contributed by atoms with Gasteiger partial charge >= 0.3 is 12.0 Å². The molecule has 0 aromatic heterocycles. The number of ether oxygens (including phenoxy) is 1. The van der Waals surface area contributed by atoms with Crippen LogP contribution < -0.4 is 10.6 Å². The van der Waals surface area contributed by atoms with Crippen molar-refractivity contribution >= 4 is 17.9 Å². The van der Waals surface area contributed by atoms with Crippen LogP contribution in [0.2, 0.25) is 0 Å². The fraction of sp³-hybridized carbons (Fsp3) is 0.750. The highest BCUT2D eigenvalue weighted by atomic mass is 16.5. The highest BCUT2D eigenvalue weighted by Gasteiger charge is 2.19. The molecule has 0 rings (SSSR count). The van der Waals surface area contributed by atoms with Crippen LogP contribution in [0.3, 0.4) is 0 Å². The van der Waals surface area contributed by atoms with E-state index in [4.69, 9.17) is 9.84 Å². The second-order valence-corrected chi connectivity index (χ2v) is 4.28. The Morgan fingerprint density at radius 2 is 1.95 bits per heavy atom. The quantitative estimate of drug-likeness (QED) is 0.496. The number of rotatable bonds is 9. The van der Waals surface area contributed by atoms with Crippen molar-refractivity contribution < 1.29 is 24.2 Å². The van der Waals surface area contributed by atoms with E-state index < -0.39 is 17.9 Å². The molecule has 1 unspecified atom stereocenters. The van der Waals surface area contributed by atoms with Gasteiger partial charge in [-0.2, -0.15) is 0 Å². The third-order valence-corrected chi connectivity index (χ3v) is 2.61. The summed E-state index contributed by atoms with van der Waals surface area (Å²) in [5, 5.41) is 13.8. The van der Waals surface area contributed by atoms with Gasteiger partial charge in [0.05, 0.1) is 19.1 Å². The normalized spacial score (nSPS) is 11.6. The van der Waals surface area contributed by atoms with Crippen molar-refractivity contribution in [2.45, 2.75) is 13.8 Å². The predicted molar refractivity (Wildman–Crippen MR) is 72.3 cm³/mol. The molecule has 116 valence electrons. The first-order valence-corrected chi connectivity index (χ1v) is 6.43. The zero-order chi connectivity index (χ0) is 15.5. The van der Waals surface area contributed by atoms with Gasteiger partial charge in [0.15, 0.2) is 0 Å². The van der Waals surface area contributed by atoms with E-state index in [1.807, 2.05) is 0 Å². The number of urea groups is 1. The summed E-state index contributed by atoms with van der Waals surface area (Å²) in [4.78, 5) is 35.3. The summed E-state index contributed by atoms with van der Waals surface area (Å²) < 4.78 is 4.77. The van der Waals surface area contributed by atoms with E-state index >= 15 is 0 Å². The summed E-state index contributed by atoms with van der Waals surface area (Å²) in [6.45, 7) is 4.36.